The predicted octanol–water partition coefficient (Wildman–Crippen LogP) is 3.33. The molecular formula is C13H9N. The van der Waals surface area contributed by atoms with Crippen molar-refractivity contribution >= 4 is 6.08 Å². The molecule has 0 spiro atoms. The number of hydrogen-bond acceptors (Lipinski definition) is 1. The van der Waals surface area contributed by atoms with Crippen LogP contribution in [0.5, 0.6) is 0 Å². The zero-order valence-corrected chi connectivity index (χ0v) is 7.64. The summed E-state index contributed by atoms with van der Waals surface area (Å²) in [4.78, 5) is 0. The first-order valence-corrected chi connectivity index (χ1v) is 4.46. The fourth-order valence-electron chi connectivity index (χ4n) is 1.51. The normalized spacial score (nSPS) is 10.5. The lowest BCUT2D eigenvalue weighted by Gasteiger charge is -1.93. The van der Waals surface area contributed by atoms with Crippen LogP contribution in [0.4, 0.5) is 0 Å². The van der Waals surface area contributed by atoms with E-state index in [2.05, 4.69) is 18.2 Å². The van der Waals surface area contributed by atoms with Gasteiger partial charge in [-0.15, -0.1) is 0 Å². The number of nitrogens with zero attached hydrogens (tertiary/aromatic N) is 1. The van der Waals surface area contributed by atoms with E-state index in [1.807, 2.05) is 36.4 Å². The molecule has 0 fully saturated rings. The molecule has 0 unspecified atom stereocenters. The second-order valence-corrected chi connectivity index (χ2v) is 3.03. The molecule has 1 nitrogen and oxygen atoms in total. The SMILES string of the molecule is N#C/C=C\c1ccc2cccccc1-2. The maximum Gasteiger partial charge on any atom is 0.0912 e. The van der Waals surface area contributed by atoms with E-state index in [1.165, 1.54) is 17.2 Å². The van der Waals surface area contributed by atoms with Gasteiger partial charge < -0.3 is 0 Å². The van der Waals surface area contributed by atoms with Crippen LogP contribution < -0.4 is 0 Å². The molecule has 0 aromatic heterocycles. The molecule has 0 amide bonds. The van der Waals surface area contributed by atoms with E-state index < -0.39 is 0 Å². The molecular weight excluding hydrogens is 170 g/mol. The Balaban J connectivity index is 2.54. The molecule has 0 saturated heterocycles. The van der Waals surface area contributed by atoms with E-state index >= 15 is 0 Å². The van der Waals surface area contributed by atoms with Crippen molar-refractivity contribution in [3.05, 3.63) is 54.1 Å². The summed E-state index contributed by atoms with van der Waals surface area (Å²) in [6, 6.07) is 16.2. The third-order valence-corrected chi connectivity index (χ3v) is 2.16. The zero-order valence-electron chi connectivity index (χ0n) is 7.64. The minimum atomic E-state index is 1.10. The maximum absolute atomic E-state index is 8.45. The van der Waals surface area contributed by atoms with Gasteiger partial charge in [0.25, 0.3) is 0 Å². The van der Waals surface area contributed by atoms with Crippen LogP contribution in [0.15, 0.2) is 48.5 Å². The summed E-state index contributed by atoms with van der Waals surface area (Å²) >= 11 is 0. The molecule has 2 rings (SSSR count). The van der Waals surface area contributed by atoms with Gasteiger partial charge in [0.15, 0.2) is 0 Å². The monoisotopic (exact) mass is 179 g/mol. The van der Waals surface area contributed by atoms with E-state index in [-0.39, 0.29) is 0 Å². The van der Waals surface area contributed by atoms with E-state index in [4.69, 9.17) is 5.26 Å². The van der Waals surface area contributed by atoms with Crippen LogP contribution in [0.1, 0.15) is 5.56 Å². The first-order valence-electron chi connectivity index (χ1n) is 4.46. The first-order chi connectivity index (χ1) is 6.92. The third kappa shape index (κ3) is 1.51. The maximum atomic E-state index is 8.45. The number of nitriles is 1. The minimum Gasteiger partial charge on any atom is -0.193 e. The average Bonchev–Trinajstić information content (AvgIpc) is 2.45. The molecule has 0 aliphatic heterocycles. The minimum absolute atomic E-state index is 1.10. The van der Waals surface area contributed by atoms with Gasteiger partial charge in [0.1, 0.15) is 0 Å². The van der Waals surface area contributed by atoms with Gasteiger partial charge in [-0.2, -0.15) is 5.26 Å². The number of allylic oxidation sites excluding steroid dienone is 1. The Morgan fingerprint density at radius 3 is 2.71 bits per heavy atom. The summed E-state index contributed by atoms with van der Waals surface area (Å²) in [5.41, 5.74) is 3.48. The Kier molecular flexibility index (Phi) is 2.29. The van der Waals surface area contributed by atoms with Crippen LogP contribution in [0.2, 0.25) is 0 Å². The van der Waals surface area contributed by atoms with Crippen molar-refractivity contribution in [1.29, 1.82) is 5.26 Å². The van der Waals surface area contributed by atoms with Crippen molar-refractivity contribution in [3.63, 3.8) is 0 Å². The number of rotatable bonds is 1. The van der Waals surface area contributed by atoms with Crippen LogP contribution in [-0.2, 0) is 0 Å². The highest BCUT2D eigenvalue weighted by Gasteiger charge is 2.03. The first kappa shape index (κ1) is 8.52. The number of fused-ring (bicyclic) bond motifs is 1. The number of hydrogen-bond donors (Lipinski definition) is 0. The topological polar surface area (TPSA) is 23.8 Å². The van der Waals surface area contributed by atoms with Gasteiger partial charge in [0.05, 0.1) is 6.07 Å². The van der Waals surface area contributed by atoms with Crippen molar-refractivity contribution in [1.82, 2.24) is 0 Å². The molecule has 0 aromatic rings. The van der Waals surface area contributed by atoms with Gasteiger partial charge >= 0.3 is 0 Å². The summed E-state index contributed by atoms with van der Waals surface area (Å²) in [5.74, 6) is 0. The lowest BCUT2D eigenvalue weighted by molar-refractivity contribution is 1.54. The van der Waals surface area contributed by atoms with Gasteiger partial charge in [-0.05, 0) is 22.8 Å². The van der Waals surface area contributed by atoms with Crippen LogP contribution in [0, 0.1) is 11.3 Å². The molecule has 0 N–H and O–H groups in total. The van der Waals surface area contributed by atoms with Gasteiger partial charge in [-0.3, -0.25) is 0 Å². The molecule has 1 heteroatoms. The fraction of sp³-hybridized carbons (Fsp3) is 0. The quantitative estimate of drug-likeness (QED) is 0.616. The lowest BCUT2D eigenvalue weighted by atomic mass is 10.1. The summed E-state index contributed by atoms with van der Waals surface area (Å²) < 4.78 is 0. The molecule has 0 aromatic carbocycles. The van der Waals surface area contributed by atoms with Crippen molar-refractivity contribution in [3.8, 4) is 17.2 Å². The van der Waals surface area contributed by atoms with Gasteiger partial charge in [-0.25, -0.2) is 0 Å². The van der Waals surface area contributed by atoms with Crippen molar-refractivity contribution in [2.45, 2.75) is 0 Å². The van der Waals surface area contributed by atoms with E-state index in [1.54, 1.807) is 0 Å². The van der Waals surface area contributed by atoms with Gasteiger partial charge in [0.2, 0.25) is 0 Å². The largest absolute Gasteiger partial charge is 0.193 e. The van der Waals surface area contributed by atoms with Crippen molar-refractivity contribution in [2.75, 3.05) is 0 Å². The molecule has 66 valence electrons. The Bertz CT molecular complexity index is 477. The highest BCUT2D eigenvalue weighted by atomic mass is 14.2. The second-order valence-electron chi connectivity index (χ2n) is 3.03. The summed E-state index contributed by atoms with van der Waals surface area (Å²) in [7, 11) is 0. The standard InChI is InChI=1S/C13H9N/c14-10-4-6-12-9-8-11-5-2-1-3-7-13(11)12/h1-9H/b6-4-. The van der Waals surface area contributed by atoms with Crippen LogP contribution in [0.25, 0.3) is 17.2 Å². The fourth-order valence-corrected chi connectivity index (χ4v) is 1.51. The molecule has 0 saturated carbocycles. The van der Waals surface area contributed by atoms with E-state index in [0.717, 1.165) is 5.56 Å². The Labute approximate surface area is 83.3 Å². The Hall–Kier alpha value is -2.07. The van der Waals surface area contributed by atoms with E-state index in [9.17, 15) is 0 Å². The molecule has 0 bridgehead atoms. The third-order valence-electron chi connectivity index (χ3n) is 2.16. The van der Waals surface area contributed by atoms with Crippen LogP contribution in [0.3, 0.4) is 0 Å². The second kappa shape index (κ2) is 3.76. The Morgan fingerprint density at radius 1 is 1.00 bits per heavy atom. The molecule has 2 aliphatic carbocycles. The molecule has 2 aliphatic rings. The van der Waals surface area contributed by atoms with E-state index in [0.29, 0.717) is 0 Å². The summed E-state index contributed by atoms with van der Waals surface area (Å²) in [5, 5.41) is 8.45. The van der Waals surface area contributed by atoms with Gasteiger partial charge in [0, 0.05) is 6.08 Å². The Morgan fingerprint density at radius 2 is 1.86 bits per heavy atom. The average molecular weight is 179 g/mol. The molecule has 0 heterocycles. The molecule has 0 radical (unpaired) electrons. The van der Waals surface area contributed by atoms with Crippen LogP contribution in [-0.4, -0.2) is 0 Å². The predicted molar refractivity (Wildman–Crippen MR) is 57.7 cm³/mol. The van der Waals surface area contributed by atoms with Crippen molar-refractivity contribution < 1.29 is 0 Å². The summed E-state index contributed by atoms with van der Waals surface area (Å²) in [6.07, 6.45) is 3.34. The highest BCUT2D eigenvalue weighted by molar-refractivity contribution is 5.78. The lowest BCUT2D eigenvalue weighted by Crippen LogP contribution is -1.69. The van der Waals surface area contributed by atoms with Crippen LogP contribution >= 0.6 is 0 Å². The molecule has 0 atom stereocenters. The van der Waals surface area contributed by atoms with Gasteiger partial charge in [-0.1, -0.05) is 42.5 Å². The van der Waals surface area contributed by atoms with Crippen molar-refractivity contribution in [2.24, 2.45) is 0 Å². The molecule has 14 heavy (non-hydrogen) atoms. The highest BCUT2D eigenvalue weighted by Crippen LogP contribution is 2.27. The summed E-state index contributed by atoms with van der Waals surface area (Å²) in [6.45, 7) is 0. The zero-order chi connectivity index (χ0) is 9.80. The smallest absolute Gasteiger partial charge is 0.0912 e.